The summed E-state index contributed by atoms with van der Waals surface area (Å²) in [5, 5.41) is 2.59. The molecule has 3 aromatic carbocycles. The van der Waals surface area contributed by atoms with Crippen LogP contribution in [0.2, 0.25) is 0 Å². The lowest BCUT2D eigenvalue weighted by molar-refractivity contribution is 0.114. The molecule has 0 radical (unpaired) electrons. The van der Waals surface area contributed by atoms with Gasteiger partial charge >= 0.3 is 11.7 Å². The molecule has 11 nitrogen and oxygen atoms in total. The molecule has 2 amide bonds. The van der Waals surface area contributed by atoms with Crippen molar-refractivity contribution < 1.29 is 27.5 Å². The zero-order valence-corrected chi connectivity index (χ0v) is 24.7. The van der Waals surface area contributed by atoms with Crippen molar-refractivity contribution in [2.75, 3.05) is 33.6 Å². The van der Waals surface area contributed by atoms with E-state index in [-0.39, 0.29) is 17.8 Å². The topological polar surface area (TPSA) is 111 Å². The second-order valence-corrected chi connectivity index (χ2v) is 10.3. The van der Waals surface area contributed by atoms with Crippen molar-refractivity contribution in [1.82, 2.24) is 24.1 Å². The summed E-state index contributed by atoms with van der Waals surface area (Å²) in [6.45, 7) is -0.420. The van der Waals surface area contributed by atoms with Gasteiger partial charge in [-0.1, -0.05) is 24.3 Å². The number of benzene rings is 3. The van der Waals surface area contributed by atoms with Gasteiger partial charge in [0, 0.05) is 35.1 Å². The van der Waals surface area contributed by atoms with Gasteiger partial charge in [-0.05, 0) is 56.1 Å². The van der Waals surface area contributed by atoms with E-state index in [9.17, 15) is 23.2 Å². The number of halogens is 3. The molecular formula is C31H29F3N6O5. The Kier molecular flexibility index (Phi) is 8.79. The molecule has 0 bridgehead atoms. The van der Waals surface area contributed by atoms with E-state index >= 15 is 4.39 Å². The van der Waals surface area contributed by atoms with E-state index in [0.717, 1.165) is 16.8 Å². The second-order valence-electron chi connectivity index (χ2n) is 10.3. The zero-order chi connectivity index (χ0) is 32.4. The van der Waals surface area contributed by atoms with Crippen molar-refractivity contribution in [3.05, 3.63) is 116 Å². The third-order valence-corrected chi connectivity index (χ3v) is 7.07. The minimum atomic E-state index is -1.04. The van der Waals surface area contributed by atoms with Crippen LogP contribution in [-0.4, -0.2) is 53.0 Å². The van der Waals surface area contributed by atoms with Crippen LogP contribution in [0.1, 0.15) is 11.1 Å². The van der Waals surface area contributed by atoms with Crippen LogP contribution in [0.3, 0.4) is 0 Å². The van der Waals surface area contributed by atoms with Crippen LogP contribution in [0.4, 0.5) is 23.7 Å². The van der Waals surface area contributed by atoms with Crippen molar-refractivity contribution >= 4 is 17.2 Å². The molecule has 0 spiro atoms. The Balaban J connectivity index is 1.83. The number of ether oxygens (including phenoxy) is 1. The number of anilines is 1. The first-order chi connectivity index (χ1) is 21.5. The van der Waals surface area contributed by atoms with Crippen molar-refractivity contribution in [3.8, 4) is 22.6 Å². The summed E-state index contributed by atoms with van der Waals surface area (Å²) in [6, 6.07) is 13.3. The van der Waals surface area contributed by atoms with E-state index in [1.165, 1.54) is 49.2 Å². The molecule has 5 aromatic rings. The van der Waals surface area contributed by atoms with E-state index in [4.69, 9.17) is 4.74 Å². The van der Waals surface area contributed by atoms with Gasteiger partial charge in [0.15, 0.2) is 11.6 Å². The summed E-state index contributed by atoms with van der Waals surface area (Å²) in [5.41, 5.74) is 1.44. The standard InChI is InChI=1S/C31H29F3N6O5/c1-37(2)15-21-20(18-11-13-19(14-12-18)35-30(42)36-45-4)16-38-28(21)29(41)40(25-9-6-10-26(44-3)27(25)34)31(43)39(38)17-22-23(32)7-5-8-24(22)33/h5-14,16H,15,17H2,1-4H3,(H2,35,36,42). The summed E-state index contributed by atoms with van der Waals surface area (Å²) in [6.07, 6.45) is 1.52. The number of aromatic nitrogens is 3. The van der Waals surface area contributed by atoms with Crippen molar-refractivity contribution in [2.24, 2.45) is 0 Å². The van der Waals surface area contributed by atoms with E-state index in [2.05, 4.69) is 15.6 Å². The van der Waals surface area contributed by atoms with Gasteiger partial charge in [0.2, 0.25) is 0 Å². The number of hydroxylamine groups is 1. The van der Waals surface area contributed by atoms with Gasteiger partial charge in [-0.15, -0.1) is 0 Å². The van der Waals surface area contributed by atoms with Crippen molar-refractivity contribution in [1.29, 1.82) is 0 Å². The maximum Gasteiger partial charge on any atom is 0.351 e. The van der Waals surface area contributed by atoms with Gasteiger partial charge < -0.3 is 15.0 Å². The van der Waals surface area contributed by atoms with Crippen LogP contribution in [0.15, 0.2) is 76.4 Å². The summed E-state index contributed by atoms with van der Waals surface area (Å²) in [5.74, 6) is -2.97. The molecule has 0 unspecified atom stereocenters. The average molecular weight is 623 g/mol. The Morgan fingerprint density at radius 1 is 0.911 bits per heavy atom. The van der Waals surface area contributed by atoms with Gasteiger partial charge in [-0.25, -0.2) is 37.5 Å². The number of carbonyl (C=O) groups is 1. The largest absolute Gasteiger partial charge is 0.494 e. The molecule has 234 valence electrons. The Labute approximate surface area is 254 Å². The Hall–Kier alpha value is -5.34. The minimum Gasteiger partial charge on any atom is -0.494 e. The van der Waals surface area contributed by atoms with Crippen LogP contribution in [0, 0.1) is 17.5 Å². The number of nitrogens with one attached hydrogen (secondary N) is 2. The number of nitrogens with zero attached hydrogens (tertiary/aromatic N) is 4. The summed E-state index contributed by atoms with van der Waals surface area (Å²) in [4.78, 5) is 46.5. The zero-order valence-electron chi connectivity index (χ0n) is 24.7. The number of amides is 2. The average Bonchev–Trinajstić information content (AvgIpc) is 3.36. The summed E-state index contributed by atoms with van der Waals surface area (Å²) >= 11 is 0. The fraction of sp³-hybridized carbons (Fsp3) is 0.194. The third-order valence-electron chi connectivity index (χ3n) is 7.07. The molecule has 0 fully saturated rings. The highest BCUT2D eigenvalue weighted by Crippen LogP contribution is 2.30. The molecule has 0 saturated heterocycles. The van der Waals surface area contributed by atoms with Crippen LogP contribution < -0.4 is 26.8 Å². The van der Waals surface area contributed by atoms with Crippen LogP contribution in [0.5, 0.6) is 5.75 Å². The van der Waals surface area contributed by atoms with E-state index in [1.807, 2.05) is 0 Å². The lowest BCUT2D eigenvalue weighted by atomic mass is 10.0. The molecule has 45 heavy (non-hydrogen) atoms. The van der Waals surface area contributed by atoms with Crippen LogP contribution in [0.25, 0.3) is 22.3 Å². The molecule has 0 saturated carbocycles. The van der Waals surface area contributed by atoms with E-state index in [1.54, 1.807) is 43.3 Å². The predicted octanol–water partition coefficient (Wildman–Crippen LogP) is 4.14. The van der Waals surface area contributed by atoms with Crippen LogP contribution >= 0.6 is 0 Å². The van der Waals surface area contributed by atoms with Gasteiger partial charge in [-0.2, -0.15) is 0 Å². The molecule has 2 N–H and O–H groups in total. The quantitative estimate of drug-likeness (QED) is 0.239. The molecule has 2 heterocycles. The highest BCUT2D eigenvalue weighted by Gasteiger charge is 2.25. The normalized spacial score (nSPS) is 11.3. The van der Waals surface area contributed by atoms with Gasteiger partial charge in [0.25, 0.3) is 5.56 Å². The van der Waals surface area contributed by atoms with Gasteiger partial charge in [0.05, 0.1) is 26.5 Å². The fourth-order valence-corrected chi connectivity index (χ4v) is 5.07. The SMILES string of the molecule is CONC(=O)Nc1ccc(-c2cn3c(c2CN(C)C)c(=O)n(-c2cccc(OC)c2F)c(=O)n3Cc2c(F)cccc2F)cc1. The predicted molar refractivity (Wildman–Crippen MR) is 161 cm³/mol. The van der Waals surface area contributed by atoms with Gasteiger partial charge in [-0.3, -0.25) is 14.1 Å². The second kappa shape index (κ2) is 12.7. The molecule has 0 aliphatic heterocycles. The monoisotopic (exact) mass is 622 g/mol. The smallest absolute Gasteiger partial charge is 0.351 e. The lowest BCUT2D eigenvalue weighted by Crippen LogP contribution is -2.43. The Morgan fingerprint density at radius 3 is 2.20 bits per heavy atom. The summed E-state index contributed by atoms with van der Waals surface area (Å²) < 4.78 is 53.2. The number of rotatable bonds is 9. The van der Waals surface area contributed by atoms with Crippen molar-refractivity contribution in [2.45, 2.75) is 13.1 Å². The summed E-state index contributed by atoms with van der Waals surface area (Å²) in [7, 11) is 6.09. The molecular weight excluding hydrogens is 593 g/mol. The number of fused-ring (bicyclic) bond motifs is 1. The van der Waals surface area contributed by atoms with Crippen LogP contribution in [-0.2, 0) is 17.9 Å². The Bertz CT molecular complexity index is 2000. The first-order valence-corrected chi connectivity index (χ1v) is 13.6. The number of hydrogen-bond donors (Lipinski definition) is 2. The number of urea groups is 1. The molecule has 14 heteroatoms. The lowest BCUT2D eigenvalue weighted by Gasteiger charge is -2.17. The molecule has 0 atom stereocenters. The van der Waals surface area contributed by atoms with Gasteiger partial charge in [0.1, 0.15) is 17.2 Å². The first kappa shape index (κ1) is 31.1. The van der Waals surface area contributed by atoms with E-state index < -0.39 is 52.5 Å². The maximum absolute atomic E-state index is 15.6. The third kappa shape index (κ3) is 5.92. The highest BCUT2D eigenvalue weighted by molar-refractivity contribution is 5.89. The highest BCUT2D eigenvalue weighted by atomic mass is 19.1. The minimum absolute atomic E-state index is 0.0149. The number of hydrogen-bond acceptors (Lipinski definition) is 6. The first-order valence-electron chi connectivity index (χ1n) is 13.6. The molecule has 5 rings (SSSR count). The van der Waals surface area contributed by atoms with Crippen molar-refractivity contribution in [3.63, 3.8) is 0 Å². The van der Waals surface area contributed by atoms with E-state index in [0.29, 0.717) is 26.9 Å². The molecule has 0 aliphatic rings. The molecule has 0 aliphatic carbocycles. The maximum atomic E-state index is 15.6. The fourth-order valence-electron chi connectivity index (χ4n) is 5.07. The number of methoxy groups -OCH3 is 1. The number of carbonyl (C=O) groups excluding carboxylic acids is 1. The Morgan fingerprint density at radius 2 is 1.58 bits per heavy atom. The molecule has 2 aromatic heterocycles.